The van der Waals surface area contributed by atoms with Gasteiger partial charge in [-0.25, -0.2) is 14.9 Å². The number of rotatable bonds is 8. The minimum atomic E-state index is -0.469. The van der Waals surface area contributed by atoms with Gasteiger partial charge in [0.05, 0.1) is 17.2 Å². The predicted octanol–water partition coefficient (Wildman–Crippen LogP) is 4.51. The lowest BCUT2D eigenvalue weighted by atomic mass is 9.95. The molecule has 1 aromatic rings. The van der Waals surface area contributed by atoms with E-state index in [4.69, 9.17) is 15.3 Å². The Morgan fingerprint density at radius 2 is 2.03 bits per heavy atom. The number of ether oxygens (including phenoxy) is 1. The van der Waals surface area contributed by atoms with Gasteiger partial charge in [0.1, 0.15) is 11.4 Å². The zero-order valence-corrected chi connectivity index (χ0v) is 21.2. The average molecular weight is 477 g/mol. The fourth-order valence-corrected chi connectivity index (χ4v) is 4.90. The molecule has 3 heterocycles. The van der Waals surface area contributed by atoms with Crippen LogP contribution in [0, 0.1) is 5.92 Å². The van der Waals surface area contributed by atoms with Crippen molar-refractivity contribution in [1.82, 2.24) is 9.96 Å². The molecule has 2 aliphatic rings. The van der Waals surface area contributed by atoms with E-state index in [1.165, 1.54) is 9.94 Å². The number of carbonyl (C=O) groups excluding carboxylic acids is 2. The van der Waals surface area contributed by atoms with Gasteiger partial charge in [-0.05, 0) is 65.0 Å². The predicted molar refractivity (Wildman–Crippen MR) is 131 cm³/mol. The Balaban J connectivity index is 1.61. The maximum absolute atomic E-state index is 13.0. The van der Waals surface area contributed by atoms with Gasteiger partial charge >= 0.3 is 6.09 Å². The minimum absolute atomic E-state index is 0.156. The van der Waals surface area contributed by atoms with Crippen LogP contribution in [0.2, 0.25) is 0 Å². The van der Waals surface area contributed by atoms with Gasteiger partial charge in [0.2, 0.25) is 0 Å². The molecule has 9 heteroatoms. The number of likely N-dealkylation sites (tertiary alicyclic amines) is 1. The average Bonchev–Trinajstić information content (AvgIpc) is 2.97. The maximum Gasteiger partial charge on any atom is 0.410 e. The maximum atomic E-state index is 13.0. The molecule has 0 unspecified atom stereocenters. The van der Waals surface area contributed by atoms with E-state index >= 15 is 0 Å². The van der Waals surface area contributed by atoms with Gasteiger partial charge in [0, 0.05) is 36.5 Å². The van der Waals surface area contributed by atoms with E-state index in [0.29, 0.717) is 36.9 Å². The van der Waals surface area contributed by atoms with Gasteiger partial charge in [0.25, 0.3) is 5.91 Å². The first-order valence-electron chi connectivity index (χ1n) is 11.7. The zero-order chi connectivity index (χ0) is 24.2. The van der Waals surface area contributed by atoms with Crippen LogP contribution in [0.25, 0.3) is 6.08 Å². The molecule has 2 N–H and O–H groups in total. The first kappa shape index (κ1) is 25.2. The molecule has 2 amide bonds. The molecule has 0 aromatic carbocycles. The summed E-state index contributed by atoms with van der Waals surface area (Å²) < 4.78 is 5.42. The quantitative estimate of drug-likeness (QED) is 0.557. The van der Waals surface area contributed by atoms with Crippen LogP contribution in [-0.4, -0.2) is 59.6 Å². The van der Waals surface area contributed by atoms with Gasteiger partial charge in [-0.1, -0.05) is 6.92 Å². The molecule has 3 rings (SSSR count). The summed E-state index contributed by atoms with van der Waals surface area (Å²) in [5.41, 5.74) is 7.07. The Bertz CT molecular complexity index is 919. The molecular formula is C24H36N4O4S. The molecule has 0 saturated carbocycles. The van der Waals surface area contributed by atoms with Crippen LogP contribution in [0.15, 0.2) is 16.6 Å². The van der Waals surface area contributed by atoms with Gasteiger partial charge in [0.15, 0.2) is 0 Å². The molecule has 1 saturated heterocycles. The van der Waals surface area contributed by atoms with Crippen molar-refractivity contribution < 1.29 is 19.2 Å². The van der Waals surface area contributed by atoms with Gasteiger partial charge in [-0.3, -0.25) is 9.63 Å². The Morgan fingerprint density at radius 3 is 2.67 bits per heavy atom. The topological polar surface area (TPSA) is 97.5 Å². The number of carbonyl (C=O) groups is 2. The summed E-state index contributed by atoms with van der Waals surface area (Å²) in [5.74, 6) is 0.739. The van der Waals surface area contributed by atoms with Crippen molar-refractivity contribution in [3.8, 4) is 0 Å². The highest BCUT2D eigenvalue weighted by atomic mass is 32.1. The van der Waals surface area contributed by atoms with Crippen LogP contribution < -0.4 is 5.73 Å². The minimum Gasteiger partial charge on any atom is -0.444 e. The van der Waals surface area contributed by atoms with Crippen molar-refractivity contribution >= 4 is 40.9 Å². The van der Waals surface area contributed by atoms with E-state index in [0.717, 1.165) is 42.9 Å². The van der Waals surface area contributed by atoms with Crippen molar-refractivity contribution in [3.05, 3.63) is 21.4 Å². The normalized spacial score (nSPS) is 16.3. The molecule has 0 aliphatic carbocycles. The summed E-state index contributed by atoms with van der Waals surface area (Å²) >= 11 is 1.65. The molecule has 0 spiro atoms. The third-order valence-electron chi connectivity index (χ3n) is 5.35. The van der Waals surface area contributed by atoms with Crippen LogP contribution in [0.5, 0.6) is 0 Å². The smallest absolute Gasteiger partial charge is 0.410 e. The molecule has 1 aromatic heterocycles. The number of hydrogen-bond acceptors (Lipinski definition) is 7. The van der Waals surface area contributed by atoms with Gasteiger partial charge < -0.3 is 15.4 Å². The Hall–Kier alpha value is -2.39. The van der Waals surface area contributed by atoms with Crippen LogP contribution in [0.3, 0.4) is 0 Å². The molecule has 1 fully saturated rings. The summed E-state index contributed by atoms with van der Waals surface area (Å²) in [5, 5.41) is 1.42. The Kier molecular flexibility index (Phi) is 8.18. The van der Waals surface area contributed by atoms with Crippen LogP contribution in [0.4, 0.5) is 10.5 Å². The fourth-order valence-electron chi connectivity index (χ4n) is 3.81. The van der Waals surface area contributed by atoms with E-state index in [9.17, 15) is 9.59 Å². The molecule has 0 radical (unpaired) electrons. The Morgan fingerprint density at radius 1 is 1.30 bits per heavy atom. The van der Waals surface area contributed by atoms with Gasteiger partial charge in [-0.2, -0.15) is 0 Å². The van der Waals surface area contributed by atoms with Crippen molar-refractivity contribution in [2.75, 3.05) is 26.2 Å². The van der Waals surface area contributed by atoms with Crippen molar-refractivity contribution in [2.24, 2.45) is 16.6 Å². The first-order valence-corrected chi connectivity index (χ1v) is 12.5. The third kappa shape index (κ3) is 6.80. The summed E-state index contributed by atoms with van der Waals surface area (Å²) in [6, 6.07) is 2.06. The van der Waals surface area contributed by atoms with Crippen LogP contribution >= 0.6 is 11.3 Å². The van der Waals surface area contributed by atoms with Crippen LogP contribution in [0.1, 0.15) is 63.6 Å². The van der Waals surface area contributed by atoms with E-state index in [1.807, 2.05) is 40.7 Å². The van der Waals surface area contributed by atoms with E-state index in [1.54, 1.807) is 16.2 Å². The third-order valence-corrected chi connectivity index (χ3v) is 6.48. The zero-order valence-electron chi connectivity index (χ0n) is 20.3. The summed E-state index contributed by atoms with van der Waals surface area (Å²) in [4.78, 5) is 39.1. The highest BCUT2D eigenvalue weighted by molar-refractivity contribution is 7.13. The second-order valence-electron chi connectivity index (χ2n) is 9.53. The number of hydrogen-bond donors (Lipinski definition) is 1. The highest BCUT2D eigenvalue weighted by Crippen LogP contribution is 2.36. The molecule has 0 bridgehead atoms. The van der Waals surface area contributed by atoms with Crippen molar-refractivity contribution in [1.29, 1.82) is 0 Å². The number of aryl methyl sites for hydroxylation is 1. The summed E-state index contributed by atoms with van der Waals surface area (Å²) in [6.45, 7) is 11.9. The lowest BCUT2D eigenvalue weighted by Crippen LogP contribution is -2.51. The molecule has 33 heavy (non-hydrogen) atoms. The Labute approximate surface area is 200 Å². The fraction of sp³-hybridized carbons (Fsp3) is 0.625. The molecular weight excluding hydrogens is 440 g/mol. The number of hydroxylamine groups is 2. The van der Waals surface area contributed by atoms with E-state index < -0.39 is 5.60 Å². The first-order chi connectivity index (χ1) is 15.6. The monoisotopic (exact) mass is 476 g/mol. The number of thiophene rings is 1. The van der Waals surface area contributed by atoms with Gasteiger partial charge in [-0.15, -0.1) is 11.3 Å². The SMILES string of the molecule is CCCN(OCC)C(=O)C1=Cc2sc(CCC3CN(C(=O)OC(C)(C)C)C3)cc2N=C(N)C1. The number of nitrogens with two attached hydrogens (primary N) is 1. The number of amides is 2. The summed E-state index contributed by atoms with van der Waals surface area (Å²) in [7, 11) is 0. The lowest BCUT2D eigenvalue weighted by molar-refractivity contribution is -0.180. The number of nitrogens with zero attached hydrogens (tertiary/aromatic N) is 3. The van der Waals surface area contributed by atoms with Crippen molar-refractivity contribution in [2.45, 2.75) is 65.9 Å². The van der Waals surface area contributed by atoms with E-state index in [2.05, 4.69) is 11.1 Å². The standard InChI is InChI=1S/C24H36N4O4S/c1-6-10-28(31-7-2)22(29)17-11-20-19(26-21(25)12-17)13-18(33-20)9-8-16-14-27(15-16)23(30)32-24(3,4)5/h11,13,16H,6-10,12,14-15H2,1-5H3,(H2,25,26). The number of fused-ring (bicyclic) bond motifs is 1. The number of amidine groups is 1. The van der Waals surface area contributed by atoms with E-state index in [-0.39, 0.29) is 12.0 Å². The molecule has 0 atom stereocenters. The summed E-state index contributed by atoms with van der Waals surface area (Å²) in [6.07, 6.45) is 4.68. The van der Waals surface area contributed by atoms with Crippen molar-refractivity contribution in [3.63, 3.8) is 0 Å². The second-order valence-corrected chi connectivity index (χ2v) is 10.7. The largest absolute Gasteiger partial charge is 0.444 e. The lowest BCUT2D eigenvalue weighted by Gasteiger charge is -2.39. The molecule has 8 nitrogen and oxygen atoms in total. The highest BCUT2D eigenvalue weighted by Gasteiger charge is 2.33. The van der Waals surface area contributed by atoms with Crippen LogP contribution in [-0.2, 0) is 20.8 Å². The molecule has 2 aliphatic heterocycles. The number of aliphatic imine (C=N–C) groups is 1. The second kappa shape index (κ2) is 10.7. The molecule has 182 valence electrons.